The number of hydrogen-bond acceptors (Lipinski definition) is 4. The van der Waals surface area contributed by atoms with Gasteiger partial charge in [0.25, 0.3) is 0 Å². The van der Waals surface area contributed by atoms with E-state index in [4.69, 9.17) is 16.2 Å². The maximum atomic E-state index is 11.9. The SMILES string of the molecule is CC(C)(C)OC(=O)N1CCC(C(C)(N)CC(N)=O)CC1. The van der Waals surface area contributed by atoms with Crippen molar-refractivity contribution in [2.75, 3.05) is 13.1 Å². The maximum Gasteiger partial charge on any atom is 0.410 e. The van der Waals surface area contributed by atoms with Crippen molar-refractivity contribution in [1.82, 2.24) is 4.90 Å². The van der Waals surface area contributed by atoms with Crippen molar-refractivity contribution in [2.45, 2.75) is 58.1 Å². The molecule has 0 radical (unpaired) electrons. The largest absolute Gasteiger partial charge is 0.444 e. The Morgan fingerprint density at radius 3 is 2.10 bits per heavy atom. The van der Waals surface area contributed by atoms with Crippen LogP contribution in [0, 0.1) is 5.92 Å². The fourth-order valence-corrected chi connectivity index (χ4v) is 2.57. The highest BCUT2D eigenvalue weighted by atomic mass is 16.6. The summed E-state index contributed by atoms with van der Waals surface area (Å²) in [7, 11) is 0. The van der Waals surface area contributed by atoms with Crippen LogP contribution in [0.25, 0.3) is 0 Å². The zero-order chi connectivity index (χ0) is 15.6. The molecule has 1 rings (SSSR count). The first kappa shape index (κ1) is 16.8. The molecule has 1 unspecified atom stereocenters. The number of ether oxygens (including phenoxy) is 1. The first-order valence-electron chi connectivity index (χ1n) is 7.06. The van der Waals surface area contributed by atoms with Crippen molar-refractivity contribution in [3.8, 4) is 0 Å². The van der Waals surface area contributed by atoms with E-state index >= 15 is 0 Å². The van der Waals surface area contributed by atoms with E-state index in [9.17, 15) is 9.59 Å². The van der Waals surface area contributed by atoms with Gasteiger partial charge in [0.05, 0.1) is 0 Å². The second-order valence-corrected chi connectivity index (χ2v) is 6.89. The molecule has 2 amide bonds. The first-order chi connectivity index (χ1) is 9.01. The van der Waals surface area contributed by atoms with Gasteiger partial charge in [-0.25, -0.2) is 4.79 Å². The number of likely N-dealkylation sites (tertiary alicyclic amines) is 1. The highest BCUT2D eigenvalue weighted by Crippen LogP contribution is 2.29. The lowest BCUT2D eigenvalue weighted by Gasteiger charge is -2.40. The molecule has 20 heavy (non-hydrogen) atoms. The van der Waals surface area contributed by atoms with Crippen molar-refractivity contribution >= 4 is 12.0 Å². The fourth-order valence-electron chi connectivity index (χ4n) is 2.57. The minimum absolute atomic E-state index is 0.171. The summed E-state index contributed by atoms with van der Waals surface area (Å²) in [5, 5.41) is 0. The van der Waals surface area contributed by atoms with Crippen molar-refractivity contribution < 1.29 is 14.3 Å². The van der Waals surface area contributed by atoms with Crippen LogP contribution in [0.3, 0.4) is 0 Å². The Morgan fingerprint density at radius 1 is 1.20 bits per heavy atom. The van der Waals surface area contributed by atoms with Crippen LogP contribution >= 0.6 is 0 Å². The molecule has 0 aromatic heterocycles. The lowest BCUT2D eigenvalue weighted by molar-refractivity contribution is -0.119. The second-order valence-electron chi connectivity index (χ2n) is 6.89. The molecule has 6 heteroatoms. The third-order valence-electron chi connectivity index (χ3n) is 3.63. The van der Waals surface area contributed by atoms with E-state index in [2.05, 4.69) is 0 Å². The Hall–Kier alpha value is -1.30. The molecule has 1 heterocycles. The van der Waals surface area contributed by atoms with Gasteiger partial charge >= 0.3 is 6.09 Å². The topological polar surface area (TPSA) is 98.7 Å². The molecule has 1 atom stereocenters. The smallest absolute Gasteiger partial charge is 0.410 e. The average Bonchev–Trinajstić information content (AvgIpc) is 2.25. The Bertz CT molecular complexity index is 366. The van der Waals surface area contributed by atoms with E-state index in [0.29, 0.717) is 13.1 Å². The van der Waals surface area contributed by atoms with E-state index < -0.39 is 11.1 Å². The summed E-state index contributed by atoms with van der Waals surface area (Å²) in [6, 6.07) is 0. The van der Waals surface area contributed by atoms with Crippen LogP contribution in [0.1, 0.15) is 47.0 Å². The normalized spacial score (nSPS) is 20.4. The minimum Gasteiger partial charge on any atom is -0.444 e. The van der Waals surface area contributed by atoms with Crippen LogP contribution in [0.2, 0.25) is 0 Å². The van der Waals surface area contributed by atoms with Gasteiger partial charge in [0.15, 0.2) is 0 Å². The molecule has 0 spiro atoms. The number of rotatable bonds is 3. The van der Waals surface area contributed by atoms with E-state index in [0.717, 1.165) is 12.8 Å². The lowest BCUT2D eigenvalue weighted by Crippen LogP contribution is -2.52. The zero-order valence-corrected chi connectivity index (χ0v) is 12.9. The van der Waals surface area contributed by atoms with Gasteiger partial charge in [-0.1, -0.05) is 0 Å². The molecule has 1 aliphatic rings. The van der Waals surface area contributed by atoms with Gasteiger partial charge < -0.3 is 21.1 Å². The summed E-state index contributed by atoms with van der Waals surface area (Å²) >= 11 is 0. The third-order valence-corrected chi connectivity index (χ3v) is 3.63. The molecule has 0 aliphatic carbocycles. The van der Waals surface area contributed by atoms with Crippen LogP contribution in [-0.2, 0) is 9.53 Å². The average molecular weight is 285 g/mol. The second kappa shape index (κ2) is 5.99. The quantitative estimate of drug-likeness (QED) is 0.814. The summed E-state index contributed by atoms with van der Waals surface area (Å²) in [6.45, 7) is 8.60. The van der Waals surface area contributed by atoms with Crippen LogP contribution in [0.5, 0.6) is 0 Å². The van der Waals surface area contributed by atoms with Gasteiger partial charge in [-0.2, -0.15) is 0 Å². The summed E-state index contributed by atoms with van der Waals surface area (Å²) in [5.74, 6) is -0.196. The van der Waals surface area contributed by atoms with Crippen molar-refractivity contribution in [1.29, 1.82) is 0 Å². The monoisotopic (exact) mass is 285 g/mol. The van der Waals surface area contributed by atoms with Gasteiger partial charge in [0, 0.05) is 25.0 Å². The fraction of sp³-hybridized carbons (Fsp3) is 0.857. The van der Waals surface area contributed by atoms with Gasteiger partial charge in [-0.05, 0) is 46.5 Å². The number of nitrogens with two attached hydrogens (primary N) is 2. The van der Waals surface area contributed by atoms with Crippen LogP contribution < -0.4 is 11.5 Å². The van der Waals surface area contributed by atoms with E-state index in [1.54, 1.807) is 4.90 Å². The highest BCUT2D eigenvalue weighted by molar-refractivity contribution is 5.75. The number of piperidine rings is 1. The van der Waals surface area contributed by atoms with Gasteiger partial charge in [-0.3, -0.25) is 4.79 Å². The number of carbonyl (C=O) groups is 2. The van der Waals surface area contributed by atoms with Crippen molar-refractivity contribution in [3.63, 3.8) is 0 Å². The Morgan fingerprint density at radius 2 is 1.70 bits per heavy atom. The first-order valence-corrected chi connectivity index (χ1v) is 7.06. The zero-order valence-electron chi connectivity index (χ0n) is 12.9. The predicted octanol–water partition coefficient (Wildman–Crippen LogP) is 1.23. The van der Waals surface area contributed by atoms with Gasteiger partial charge in [0.1, 0.15) is 5.60 Å². The molecule has 6 nitrogen and oxygen atoms in total. The molecule has 0 saturated carbocycles. The maximum absolute atomic E-state index is 11.9. The molecule has 1 fully saturated rings. The Labute approximate surface area is 120 Å². The molecule has 116 valence electrons. The third kappa shape index (κ3) is 5.00. The number of nitrogens with zero attached hydrogens (tertiary/aromatic N) is 1. The minimum atomic E-state index is -0.605. The molecule has 0 aromatic carbocycles. The van der Waals surface area contributed by atoms with E-state index in [-0.39, 0.29) is 24.3 Å². The molecular weight excluding hydrogens is 258 g/mol. The summed E-state index contributed by atoms with van der Waals surface area (Å²) in [6.07, 6.45) is 1.41. The number of carbonyl (C=O) groups excluding carboxylic acids is 2. The van der Waals surface area contributed by atoms with Gasteiger partial charge in [0.2, 0.25) is 5.91 Å². The van der Waals surface area contributed by atoms with Crippen molar-refractivity contribution in [3.05, 3.63) is 0 Å². The van der Waals surface area contributed by atoms with Gasteiger partial charge in [-0.15, -0.1) is 0 Å². The number of amides is 2. The molecular formula is C14H27N3O3. The Kier molecular flexibility index (Phi) is 5.02. The molecule has 0 aromatic rings. The molecule has 4 N–H and O–H groups in total. The van der Waals surface area contributed by atoms with Crippen LogP contribution in [0.4, 0.5) is 4.79 Å². The lowest BCUT2D eigenvalue weighted by atomic mass is 9.77. The highest BCUT2D eigenvalue weighted by Gasteiger charge is 2.36. The number of primary amides is 1. The number of hydrogen-bond donors (Lipinski definition) is 2. The van der Waals surface area contributed by atoms with Crippen LogP contribution in [0.15, 0.2) is 0 Å². The Balaban J connectivity index is 2.51. The predicted molar refractivity (Wildman–Crippen MR) is 76.9 cm³/mol. The molecule has 1 saturated heterocycles. The summed E-state index contributed by atoms with van der Waals surface area (Å²) in [4.78, 5) is 24.7. The van der Waals surface area contributed by atoms with E-state index in [1.807, 2.05) is 27.7 Å². The summed E-state index contributed by atoms with van der Waals surface area (Å²) in [5.41, 5.74) is 10.3. The molecule has 0 bridgehead atoms. The van der Waals surface area contributed by atoms with Crippen molar-refractivity contribution in [2.24, 2.45) is 17.4 Å². The standard InChI is InChI=1S/C14H27N3O3/c1-13(2,3)20-12(19)17-7-5-10(6-8-17)14(4,16)9-11(15)18/h10H,5-9,16H2,1-4H3,(H2,15,18). The summed E-state index contributed by atoms with van der Waals surface area (Å²) < 4.78 is 5.34. The van der Waals surface area contributed by atoms with E-state index in [1.165, 1.54) is 0 Å². The molecule has 1 aliphatic heterocycles. The van der Waals surface area contributed by atoms with Crippen LogP contribution in [-0.4, -0.2) is 41.1 Å².